The summed E-state index contributed by atoms with van der Waals surface area (Å²) in [6, 6.07) is 12.8. The molecule has 160 valence electrons. The fourth-order valence-corrected chi connectivity index (χ4v) is 3.66. The van der Waals surface area contributed by atoms with E-state index >= 15 is 0 Å². The average Bonchev–Trinajstić information content (AvgIpc) is 3.47. The van der Waals surface area contributed by atoms with Gasteiger partial charge in [0.2, 0.25) is 0 Å². The summed E-state index contributed by atoms with van der Waals surface area (Å²) < 4.78 is 1.51. The molecule has 1 unspecified atom stereocenters. The van der Waals surface area contributed by atoms with E-state index in [9.17, 15) is 9.59 Å². The van der Waals surface area contributed by atoms with Gasteiger partial charge in [0.1, 0.15) is 6.33 Å². The van der Waals surface area contributed by atoms with E-state index in [1.165, 1.54) is 11.0 Å². The molecule has 9 heteroatoms. The van der Waals surface area contributed by atoms with Crippen LogP contribution in [0.1, 0.15) is 32.7 Å². The predicted molar refractivity (Wildman–Crippen MR) is 116 cm³/mol. The maximum Gasteiger partial charge on any atom is 0.255 e. The van der Waals surface area contributed by atoms with E-state index in [2.05, 4.69) is 25.7 Å². The van der Waals surface area contributed by atoms with Gasteiger partial charge in [0.05, 0.1) is 5.69 Å². The lowest BCUT2D eigenvalue weighted by molar-refractivity contribution is 0.0782. The van der Waals surface area contributed by atoms with Gasteiger partial charge in [0.15, 0.2) is 0 Å². The highest BCUT2D eigenvalue weighted by molar-refractivity contribution is 6.05. The van der Waals surface area contributed by atoms with Crippen LogP contribution in [0.25, 0.3) is 5.69 Å². The highest BCUT2D eigenvalue weighted by atomic mass is 16.2. The largest absolute Gasteiger partial charge is 0.337 e. The number of nitrogens with one attached hydrogen (secondary N) is 1. The van der Waals surface area contributed by atoms with Crippen molar-refractivity contribution in [1.82, 2.24) is 30.0 Å². The maximum atomic E-state index is 13.0. The molecule has 2 aromatic carbocycles. The Labute approximate surface area is 180 Å². The summed E-state index contributed by atoms with van der Waals surface area (Å²) in [5.41, 5.74) is 3.36. The number of nitrogens with zero attached hydrogens (tertiary/aromatic N) is 6. The highest BCUT2D eigenvalue weighted by Gasteiger charge is 2.28. The number of aryl methyl sites for hydroxylation is 1. The first-order valence-electron chi connectivity index (χ1n) is 10.1. The molecule has 3 aromatic rings. The number of rotatable bonds is 5. The van der Waals surface area contributed by atoms with Crippen LogP contribution >= 0.6 is 0 Å². The number of carbonyl (C=O) groups is 2. The molecule has 2 heterocycles. The van der Waals surface area contributed by atoms with Crippen LogP contribution in [0.15, 0.2) is 48.8 Å². The molecule has 1 atom stereocenters. The number of hydrogen-bond acceptors (Lipinski definition) is 6. The summed E-state index contributed by atoms with van der Waals surface area (Å²) in [6.07, 6.45) is 2.46. The van der Waals surface area contributed by atoms with Crippen molar-refractivity contribution >= 4 is 17.5 Å². The summed E-state index contributed by atoms with van der Waals surface area (Å²) in [6.45, 7) is 3.36. The number of aromatic nitrogens is 4. The Balaban J connectivity index is 1.47. The summed E-state index contributed by atoms with van der Waals surface area (Å²) >= 11 is 0. The van der Waals surface area contributed by atoms with Crippen LogP contribution in [0.4, 0.5) is 5.69 Å². The number of benzene rings is 2. The minimum absolute atomic E-state index is 0.00866. The third kappa shape index (κ3) is 4.46. The van der Waals surface area contributed by atoms with Crippen LogP contribution < -0.4 is 5.32 Å². The molecule has 1 aliphatic heterocycles. The molecule has 0 radical (unpaired) electrons. The van der Waals surface area contributed by atoms with Gasteiger partial charge in [-0.2, -0.15) is 0 Å². The Bertz CT molecular complexity index is 1080. The van der Waals surface area contributed by atoms with Crippen molar-refractivity contribution in [2.45, 2.75) is 19.4 Å². The molecule has 0 saturated carbocycles. The number of likely N-dealkylation sites (N-methyl/N-ethyl adjacent to an activating group) is 1. The predicted octanol–water partition coefficient (Wildman–Crippen LogP) is 2.00. The van der Waals surface area contributed by atoms with Crippen LogP contribution in [0.5, 0.6) is 0 Å². The van der Waals surface area contributed by atoms with Crippen LogP contribution in [0, 0.1) is 6.92 Å². The van der Waals surface area contributed by atoms with Crippen LogP contribution in [-0.2, 0) is 0 Å². The van der Waals surface area contributed by atoms with Gasteiger partial charge in [-0.15, -0.1) is 5.10 Å². The standard InChI is InChI=1S/C22H25N7O2/c1-15-4-5-17(22(31)28-11-10-19(13-28)27(2)3)12-20(15)24-21(30)16-6-8-18(9-7-16)29-14-23-25-26-29/h4-9,12,14,19H,10-11,13H2,1-3H3,(H,24,30). The van der Waals surface area contributed by atoms with Crippen molar-refractivity contribution in [3.8, 4) is 5.69 Å². The Hall–Kier alpha value is -3.59. The molecule has 1 aromatic heterocycles. The molecule has 4 rings (SSSR count). The Kier molecular flexibility index (Phi) is 5.77. The Morgan fingerprint density at radius 1 is 1.10 bits per heavy atom. The van der Waals surface area contributed by atoms with Gasteiger partial charge in [0, 0.05) is 35.9 Å². The molecule has 0 bridgehead atoms. The van der Waals surface area contributed by atoms with Crippen molar-refractivity contribution in [3.63, 3.8) is 0 Å². The maximum absolute atomic E-state index is 13.0. The first kappa shape index (κ1) is 20.7. The minimum atomic E-state index is -0.246. The van der Waals surface area contributed by atoms with Gasteiger partial charge in [-0.25, -0.2) is 4.68 Å². The molecule has 1 fully saturated rings. The van der Waals surface area contributed by atoms with E-state index in [1.54, 1.807) is 30.3 Å². The lowest BCUT2D eigenvalue weighted by atomic mass is 10.1. The molecular formula is C22H25N7O2. The lowest BCUT2D eigenvalue weighted by Gasteiger charge is -2.21. The normalized spacial score (nSPS) is 16.0. The topological polar surface area (TPSA) is 96.2 Å². The fraction of sp³-hybridized carbons (Fsp3) is 0.318. The van der Waals surface area contributed by atoms with E-state index in [-0.39, 0.29) is 11.8 Å². The second kappa shape index (κ2) is 8.65. The SMILES string of the molecule is Cc1ccc(C(=O)N2CCC(N(C)C)C2)cc1NC(=O)c1ccc(-n2cnnn2)cc1. The average molecular weight is 419 g/mol. The van der Waals surface area contributed by atoms with Gasteiger partial charge >= 0.3 is 0 Å². The van der Waals surface area contributed by atoms with Crippen LogP contribution in [-0.4, -0.2) is 75.0 Å². The van der Waals surface area contributed by atoms with Crippen molar-refractivity contribution in [3.05, 3.63) is 65.5 Å². The Morgan fingerprint density at radius 3 is 2.48 bits per heavy atom. The zero-order valence-electron chi connectivity index (χ0n) is 17.8. The van der Waals surface area contributed by atoms with Crippen LogP contribution in [0.2, 0.25) is 0 Å². The van der Waals surface area contributed by atoms with Gasteiger partial charge in [-0.05, 0) is 79.8 Å². The van der Waals surface area contributed by atoms with Crippen molar-refractivity contribution in [2.24, 2.45) is 0 Å². The van der Waals surface area contributed by atoms with Gasteiger partial charge in [0.25, 0.3) is 11.8 Å². The number of likely N-dealkylation sites (tertiary alicyclic amines) is 1. The lowest BCUT2D eigenvalue weighted by Crippen LogP contribution is -2.34. The molecule has 0 spiro atoms. The molecular weight excluding hydrogens is 394 g/mol. The third-order valence-electron chi connectivity index (χ3n) is 5.66. The summed E-state index contributed by atoms with van der Waals surface area (Å²) in [7, 11) is 4.07. The Morgan fingerprint density at radius 2 is 1.84 bits per heavy atom. The molecule has 0 aliphatic carbocycles. The van der Waals surface area contributed by atoms with Gasteiger partial charge in [-0.3, -0.25) is 9.59 Å². The van der Waals surface area contributed by atoms with Crippen molar-refractivity contribution in [2.75, 3.05) is 32.5 Å². The van der Waals surface area contributed by atoms with Crippen LogP contribution in [0.3, 0.4) is 0 Å². The summed E-state index contributed by atoms with van der Waals surface area (Å²) in [5, 5.41) is 14.0. The number of hydrogen-bond donors (Lipinski definition) is 1. The first-order chi connectivity index (χ1) is 14.9. The number of anilines is 1. The molecule has 9 nitrogen and oxygen atoms in total. The smallest absolute Gasteiger partial charge is 0.255 e. The zero-order chi connectivity index (χ0) is 22.0. The van der Waals surface area contributed by atoms with Crippen molar-refractivity contribution < 1.29 is 9.59 Å². The monoisotopic (exact) mass is 419 g/mol. The van der Waals surface area contributed by atoms with Crippen molar-refractivity contribution in [1.29, 1.82) is 0 Å². The first-order valence-corrected chi connectivity index (χ1v) is 10.1. The van der Waals surface area contributed by atoms with E-state index in [0.29, 0.717) is 22.9 Å². The number of carbonyl (C=O) groups excluding carboxylic acids is 2. The third-order valence-corrected chi connectivity index (χ3v) is 5.66. The fourth-order valence-electron chi connectivity index (χ4n) is 3.66. The molecule has 1 saturated heterocycles. The number of tetrazole rings is 1. The van der Waals surface area contributed by atoms with E-state index < -0.39 is 0 Å². The van der Waals surface area contributed by atoms with Gasteiger partial charge < -0.3 is 15.1 Å². The quantitative estimate of drug-likeness (QED) is 0.680. The van der Waals surface area contributed by atoms with E-state index in [1.807, 2.05) is 38.1 Å². The molecule has 31 heavy (non-hydrogen) atoms. The second-order valence-electron chi connectivity index (χ2n) is 7.94. The zero-order valence-corrected chi connectivity index (χ0v) is 17.8. The number of amides is 2. The van der Waals surface area contributed by atoms with E-state index in [0.717, 1.165) is 30.8 Å². The molecule has 1 aliphatic rings. The van der Waals surface area contributed by atoms with E-state index in [4.69, 9.17) is 0 Å². The highest BCUT2D eigenvalue weighted by Crippen LogP contribution is 2.22. The second-order valence-corrected chi connectivity index (χ2v) is 7.94. The van der Waals surface area contributed by atoms with Gasteiger partial charge in [-0.1, -0.05) is 6.07 Å². The summed E-state index contributed by atoms with van der Waals surface area (Å²) in [5.74, 6) is -0.254. The minimum Gasteiger partial charge on any atom is -0.337 e. The molecule has 2 amide bonds. The summed E-state index contributed by atoms with van der Waals surface area (Å²) in [4.78, 5) is 29.7. The molecule has 1 N–H and O–H groups in total.